The quantitative estimate of drug-likeness (QED) is 0.717. The van der Waals surface area contributed by atoms with Crippen molar-refractivity contribution >= 4 is 5.97 Å². The number of rotatable bonds is 5. The van der Waals surface area contributed by atoms with Gasteiger partial charge in [-0.25, -0.2) is 0 Å². The minimum absolute atomic E-state index is 0.00840. The van der Waals surface area contributed by atoms with E-state index in [0.29, 0.717) is 23.7 Å². The topological polar surface area (TPSA) is 104 Å². The van der Waals surface area contributed by atoms with Crippen molar-refractivity contribution in [1.29, 1.82) is 0 Å². The lowest BCUT2D eigenvalue weighted by atomic mass is 9.80. The molecule has 0 radical (unpaired) electrons. The maximum Gasteiger partial charge on any atom is 0.303 e. The largest absolute Gasteiger partial charge is 0.504 e. The number of ether oxygens (including phenoxy) is 5. The van der Waals surface area contributed by atoms with Crippen LogP contribution in [0.5, 0.6) is 23.0 Å². The van der Waals surface area contributed by atoms with E-state index in [0.717, 1.165) is 5.56 Å². The fourth-order valence-electron chi connectivity index (χ4n) is 4.40. The second-order valence-electron chi connectivity index (χ2n) is 7.46. The van der Waals surface area contributed by atoms with Gasteiger partial charge >= 0.3 is 5.97 Å². The molecular formula is C22H24O8. The minimum atomic E-state index is -1.04. The van der Waals surface area contributed by atoms with Crippen LogP contribution in [0.15, 0.2) is 36.4 Å². The van der Waals surface area contributed by atoms with Crippen molar-refractivity contribution in [3.05, 3.63) is 47.5 Å². The Hall–Kier alpha value is -2.97. The number of phenolic OH excluding ortho intramolecular Hbond substituents is 2. The predicted molar refractivity (Wildman–Crippen MR) is 105 cm³/mol. The zero-order valence-corrected chi connectivity index (χ0v) is 17.0. The van der Waals surface area contributed by atoms with Gasteiger partial charge in [-0.15, -0.1) is 0 Å². The molecule has 0 bridgehead atoms. The molecule has 4 rings (SSSR count). The number of methoxy groups -OCH3 is 2. The summed E-state index contributed by atoms with van der Waals surface area (Å²) >= 11 is 0. The summed E-state index contributed by atoms with van der Waals surface area (Å²) < 4.78 is 28.5. The van der Waals surface area contributed by atoms with Crippen LogP contribution in [0, 0.1) is 5.92 Å². The second-order valence-corrected chi connectivity index (χ2v) is 7.46. The molecule has 2 saturated heterocycles. The number of esters is 1. The van der Waals surface area contributed by atoms with E-state index in [-0.39, 0.29) is 24.0 Å². The van der Waals surface area contributed by atoms with Gasteiger partial charge in [0.25, 0.3) is 0 Å². The van der Waals surface area contributed by atoms with Crippen LogP contribution in [-0.2, 0) is 19.0 Å². The van der Waals surface area contributed by atoms with Gasteiger partial charge in [-0.1, -0.05) is 12.1 Å². The van der Waals surface area contributed by atoms with Crippen molar-refractivity contribution in [1.82, 2.24) is 0 Å². The van der Waals surface area contributed by atoms with E-state index in [9.17, 15) is 15.0 Å². The minimum Gasteiger partial charge on any atom is -0.504 e. The molecular weight excluding hydrogens is 392 g/mol. The third-order valence-corrected chi connectivity index (χ3v) is 5.74. The van der Waals surface area contributed by atoms with E-state index in [1.165, 1.54) is 27.2 Å². The molecule has 0 saturated carbocycles. The standard InChI is InChI=1S/C22H24O8/c1-12(23)30-22-11-29-20(13-4-6-16(24)18(8-13)26-2)15(22)10-28-21(22)14-5-7-17(25)19(9-14)27-3/h4-9,15,20-21,24-25H,10-11H2,1-3H3. The molecule has 2 aromatic rings. The summed E-state index contributed by atoms with van der Waals surface area (Å²) in [5.41, 5.74) is 0.459. The van der Waals surface area contributed by atoms with Crippen molar-refractivity contribution in [2.75, 3.05) is 27.4 Å². The van der Waals surface area contributed by atoms with Gasteiger partial charge in [0.15, 0.2) is 28.6 Å². The first-order chi connectivity index (χ1) is 14.4. The van der Waals surface area contributed by atoms with Crippen molar-refractivity contribution in [2.45, 2.75) is 24.7 Å². The number of carbonyl (C=O) groups is 1. The van der Waals surface area contributed by atoms with Crippen LogP contribution in [0.4, 0.5) is 0 Å². The molecule has 2 aliphatic heterocycles. The molecule has 0 aliphatic carbocycles. The Kier molecular flexibility index (Phi) is 5.21. The zero-order valence-electron chi connectivity index (χ0n) is 17.0. The fourth-order valence-corrected chi connectivity index (χ4v) is 4.40. The van der Waals surface area contributed by atoms with Gasteiger partial charge in [0.2, 0.25) is 0 Å². The Bertz CT molecular complexity index is 958. The molecule has 0 spiro atoms. The van der Waals surface area contributed by atoms with Crippen LogP contribution in [0.2, 0.25) is 0 Å². The molecule has 2 heterocycles. The number of aromatic hydroxyl groups is 2. The lowest BCUT2D eigenvalue weighted by molar-refractivity contribution is -0.167. The second kappa shape index (κ2) is 7.70. The van der Waals surface area contributed by atoms with Gasteiger partial charge in [-0.05, 0) is 35.4 Å². The smallest absolute Gasteiger partial charge is 0.303 e. The maximum atomic E-state index is 12.0. The first-order valence-corrected chi connectivity index (χ1v) is 9.56. The Morgan fingerprint density at radius 2 is 1.60 bits per heavy atom. The van der Waals surface area contributed by atoms with E-state index in [2.05, 4.69) is 0 Å². The lowest BCUT2D eigenvalue weighted by Crippen LogP contribution is -2.43. The van der Waals surface area contributed by atoms with Crippen LogP contribution < -0.4 is 9.47 Å². The summed E-state index contributed by atoms with van der Waals surface area (Å²) in [6.45, 7) is 1.80. The van der Waals surface area contributed by atoms with Gasteiger partial charge in [0.05, 0.1) is 39.5 Å². The Labute approximate surface area is 173 Å². The first-order valence-electron chi connectivity index (χ1n) is 9.56. The van der Waals surface area contributed by atoms with Crippen LogP contribution in [0.3, 0.4) is 0 Å². The number of benzene rings is 2. The third-order valence-electron chi connectivity index (χ3n) is 5.74. The Morgan fingerprint density at radius 3 is 2.20 bits per heavy atom. The highest BCUT2D eigenvalue weighted by Crippen LogP contribution is 2.56. The van der Waals surface area contributed by atoms with E-state index in [4.69, 9.17) is 23.7 Å². The van der Waals surface area contributed by atoms with Crippen molar-refractivity contribution in [2.24, 2.45) is 5.92 Å². The summed E-state index contributed by atoms with van der Waals surface area (Å²) in [4.78, 5) is 12.0. The molecule has 160 valence electrons. The molecule has 2 N–H and O–H groups in total. The van der Waals surface area contributed by atoms with Crippen molar-refractivity contribution in [3.63, 3.8) is 0 Å². The monoisotopic (exact) mass is 416 g/mol. The summed E-state index contributed by atoms with van der Waals surface area (Å²) in [6.07, 6.45) is -1.01. The van der Waals surface area contributed by atoms with Crippen LogP contribution in [-0.4, -0.2) is 49.2 Å². The van der Waals surface area contributed by atoms with Crippen LogP contribution in [0.25, 0.3) is 0 Å². The third kappa shape index (κ3) is 3.22. The highest BCUT2D eigenvalue weighted by molar-refractivity contribution is 5.67. The SMILES string of the molecule is COc1cc(C2OCC3(OC(C)=O)C(c4ccc(O)c(OC)c4)OCC23)ccc1O. The van der Waals surface area contributed by atoms with E-state index < -0.39 is 23.8 Å². The normalized spacial score (nSPS) is 27.5. The lowest BCUT2D eigenvalue weighted by Gasteiger charge is -2.32. The van der Waals surface area contributed by atoms with Gasteiger partial charge in [0, 0.05) is 6.92 Å². The van der Waals surface area contributed by atoms with Gasteiger partial charge < -0.3 is 33.9 Å². The van der Waals surface area contributed by atoms with Crippen molar-refractivity contribution < 1.29 is 38.7 Å². The summed E-state index contributed by atoms with van der Waals surface area (Å²) in [5, 5.41) is 19.8. The Morgan fingerprint density at radius 1 is 1.00 bits per heavy atom. The average molecular weight is 416 g/mol. The Balaban J connectivity index is 1.73. The molecule has 0 aromatic heterocycles. The molecule has 30 heavy (non-hydrogen) atoms. The summed E-state index contributed by atoms with van der Waals surface area (Å²) in [6, 6.07) is 9.91. The highest BCUT2D eigenvalue weighted by atomic mass is 16.6. The molecule has 8 nitrogen and oxygen atoms in total. The number of hydrogen-bond donors (Lipinski definition) is 2. The van der Waals surface area contributed by atoms with Gasteiger partial charge in [-0.3, -0.25) is 4.79 Å². The highest BCUT2D eigenvalue weighted by Gasteiger charge is 2.62. The fraction of sp³-hybridized carbons (Fsp3) is 0.409. The van der Waals surface area contributed by atoms with Crippen LogP contribution >= 0.6 is 0 Å². The molecule has 2 aliphatic rings. The average Bonchev–Trinajstić information content (AvgIpc) is 3.25. The van der Waals surface area contributed by atoms with E-state index in [1.54, 1.807) is 30.3 Å². The first kappa shape index (κ1) is 20.3. The molecule has 2 aromatic carbocycles. The number of carbonyl (C=O) groups excluding carboxylic acids is 1. The summed E-state index contributed by atoms with van der Waals surface area (Å²) in [7, 11) is 2.94. The molecule has 2 fully saturated rings. The maximum absolute atomic E-state index is 12.0. The summed E-state index contributed by atoms with van der Waals surface area (Å²) in [5.74, 6) is -0.0402. The molecule has 4 atom stereocenters. The number of hydrogen-bond acceptors (Lipinski definition) is 8. The van der Waals surface area contributed by atoms with Gasteiger partial charge in [-0.2, -0.15) is 0 Å². The number of phenols is 2. The molecule has 0 amide bonds. The zero-order chi connectivity index (χ0) is 21.5. The van der Waals surface area contributed by atoms with E-state index >= 15 is 0 Å². The molecule has 8 heteroatoms. The van der Waals surface area contributed by atoms with Gasteiger partial charge in [0.1, 0.15) is 6.10 Å². The number of fused-ring (bicyclic) bond motifs is 1. The van der Waals surface area contributed by atoms with E-state index in [1.807, 2.05) is 0 Å². The predicted octanol–water partition coefficient (Wildman–Crippen LogP) is 2.88. The van der Waals surface area contributed by atoms with Crippen LogP contribution in [0.1, 0.15) is 30.3 Å². The van der Waals surface area contributed by atoms with Crippen molar-refractivity contribution in [3.8, 4) is 23.0 Å². The molecule has 4 unspecified atom stereocenters.